The van der Waals surface area contributed by atoms with Crippen molar-refractivity contribution in [3.63, 3.8) is 0 Å². The van der Waals surface area contributed by atoms with Crippen LogP contribution in [-0.4, -0.2) is 30.2 Å². The minimum Gasteiger partial charge on any atom is -0.490 e. The van der Waals surface area contributed by atoms with Crippen LogP contribution >= 0.6 is 0 Å². The monoisotopic (exact) mass is 250 g/mol. The lowest BCUT2D eigenvalue weighted by Gasteiger charge is -2.25. The van der Waals surface area contributed by atoms with Gasteiger partial charge < -0.3 is 15.4 Å². The highest BCUT2D eigenvalue weighted by atomic mass is 16.5. The van der Waals surface area contributed by atoms with Crippen molar-refractivity contribution in [2.45, 2.75) is 33.1 Å². The van der Waals surface area contributed by atoms with Gasteiger partial charge >= 0.3 is 0 Å². The molecule has 0 amide bonds. The first-order valence-electron chi connectivity index (χ1n) is 6.43. The Morgan fingerprint density at radius 2 is 2.06 bits per heavy atom. The number of anilines is 2. The molecule has 2 rings (SSSR count). The Kier molecular flexibility index (Phi) is 3.59. The first-order chi connectivity index (χ1) is 8.53. The van der Waals surface area contributed by atoms with E-state index in [0.29, 0.717) is 17.0 Å². The van der Waals surface area contributed by atoms with Gasteiger partial charge in [-0.25, -0.2) is 9.97 Å². The van der Waals surface area contributed by atoms with Gasteiger partial charge in [-0.1, -0.05) is 13.8 Å². The Labute approximate surface area is 108 Å². The van der Waals surface area contributed by atoms with Gasteiger partial charge in [-0.3, -0.25) is 0 Å². The van der Waals surface area contributed by atoms with Gasteiger partial charge in [-0.15, -0.1) is 0 Å². The van der Waals surface area contributed by atoms with E-state index < -0.39 is 0 Å². The second kappa shape index (κ2) is 5.00. The number of hydrogen-bond acceptors (Lipinski definition) is 5. The predicted molar refractivity (Wildman–Crippen MR) is 72.8 cm³/mol. The second-order valence-electron chi connectivity index (χ2n) is 5.62. The topological polar surface area (TPSA) is 64.3 Å². The molecule has 0 aromatic carbocycles. The minimum absolute atomic E-state index is 0.403. The summed E-state index contributed by atoms with van der Waals surface area (Å²) in [4.78, 5) is 10.6. The van der Waals surface area contributed by atoms with Crippen molar-refractivity contribution in [1.82, 2.24) is 9.97 Å². The molecule has 0 spiro atoms. The first kappa shape index (κ1) is 12.9. The number of rotatable bonds is 2. The number of nitrogens with zero attached hydrogens (tertiary/aromatic N) is 3. The smallest absolute Gasteiger partial charge is 0.204 e. The van der Waals surface area contributed by atoms with Crippen molar-refractivity contribution < 1.29 is 4.74 Å². The molecule has 1 aliphatic rings. The molecule has 0 unspecified atom stereocenters. The van der Waals surface area contributed by atoms with Crippen LogP contribution in [0.1, 0.15) is 33.1 Å². The van der Waals surface area contributed by atoms with Gasteiger partial charge in [-0.2, -0.15) is 0 Å². The lowest BCUT2D eigenvalue weighted by atomic mass is 9.85. The van der Waals surface area contributed by atoms with Crippen LogP contribution in [0, 0.1) is 5.41 Å². The summed E-state index contributed by atoms with van der Waals surface area (Å²) in [6, 6.07) is 0. The summed E-state index contributed by atoms with van der Waals surface area (Å²) in [5.74, 6) is 1.82. The van der Waals surface area contributed by atoms with Crippen LogP contribution in [0.4, 0.5) is 11.6 Å². The van der Waals surface area contributed by atoms with Crippen molar-refractivity contribution in [1.29, 1.82) is 0 Å². The van der Waals surface area contributed by atoms with Gasteiger partial charge in [0.2, 0.25) is 5.75 Å². The van der Waals surface area contributed by atoms with Crippen LogP contribution in [0.15, 0.2) is 6.33 Å². The Hall–Kier alpha value is -1.52. The zero-order valence-electron chi connectivity index (χ0n) is 11.4. The number of aromatic nitrogens is 2. The lowest BCUT2D eigenvalue weighted by molar-refractivity contribution is 0.325. The van der Waals surface area contributed by atoms with Crippen molar-refractivity contribution in [3.05, 3.63) is 6.33 Å². The van der Waals surface area contributed by atoms with Crippen LogP contribution < -0.4 is 15.4 Å². The summed E-state index contributed by atoms with van der Waals surface area (Å²) in [5.41, 5.74) is 6.23. The maximum atomic E-state index is 5.83. The normalized spacial score (nSPS) is 19.4. The number of ether oxygens (including phenoxy) is 1. The van der Waals surface area contributed by atoms with Crippen LogP contribution in [-0.2, 0) is 0 Å². The molecule has 1 aromatic heterocycles. The van der Waals surface area contributed by atoms with Crippen LogP contribution in [0.5, 0.6) is 5.75 Å². The first-order valence-corrected chi connectivity index (χ1v) is 6.43. The maximum Gasteiger partial charge on any atom is 0.204 e. The standard InChI is InChI=1S/C13H22N4O/c1-13(2)5-4-7-17(8-6-13)12-10(18-3)11(14)15-9-16-12/h9H,4-8H2,1-3H3,(H2,14,15,16). The molecular weight excluding hydrogens is 228 g/mol. The molecule has 2 N–H and O–H groups in total. The summed E-state index contributed by atoms with van der Waals surface area (Å²) in [5, 5.41) is 0. The number of methoxy groups -OCH3 is 1. The number of nitrogen functional groups attached to an aromatic ring is 1. The molecule has 2 heterocycles. The number of hydrogen-bond donors (Lipinski definition) is 1. The third kappa shape index (κ3) is 2.66. The molecule has 1 aliphatic heterocycles. The molecule has 100 valence electrons. The molecular formula is C13H22N4O. The Morgan fingerprint density at radius 1 is 1.28 bits per heavy atom. The summed E-state index contributed by atoms with van der Waals surface area (Å²) in [6.07, 6.45) is 5.07. The van der Waals surface area contributed by atoms with Gasteiger partial charge in [0.15, 0.2) is 11.6 Å². The Balaban J connectivity index is 2.24. The molecule has 0 aliphatic carbocycles. The van der Waals surface area contributed by atoms with Crippen molar-refractivity contribution >= 4 is 11.6 Å². The van der Waals surface area contributed by atoms with E-state index in [4.69, 9.17) is 10.5 Å². The average molecular weight is 250 g/mol. The number of nitrogens with two attached hydrogens (primary N) is 1. The second-order valence-corrected chi connectivity index (χ2v) is 5.62. The van der Waals surface area contributed by atoms with Gasteiger partial charge in [0.25, 0.3) is 0 Å². The SMILES string of the molecule is COc1c(N)ncnc1N1CCCC(C)(C)CC1. The van der Waals surface area contributed by atoms with E-state index in [2.05, 4.69) is 28.7 Å². The van der Waals surface area contributed by atoms with Crippen LogP contribution in [0.2, 0.25) is 0 Å². The highest BCUT2D eigenvalue weighted by molar-refractivity contribution is 5.62. The molecule has 1 saturated heterocycles. The fourth-order valence-electron chi connectivity index (χ4n) is 2.43. The van der Waals surface area contributed by atoms with E-state index in [0.717, 1.165) is 25.3 Å². The summed E-state index contributed by atoms with van der Waals surface area (Å²) < 4.78 is 5.33. The fraction of sp³-hybridized carbons (Fsp3) is 0.692. The van der Waals surface area contributed by atoms with E-state index in [1.54, 1.807) is 7.11 Å². The van der Waals surface area contributed by atoms with Gasteiger partial charge in [0.1, 0.15) is 6.33 Å². The highest BCUT2D eigenvalue weighted by Crippen LogP contribution is 2.35. The molecule has 0 bridgehead atoms. The summed E-state index contributed by atoms with van der Waals surface area (Å²) in [6.45, 7) is 6.63. The molecule has 1 aromatic rings. The van der Waals surface area contributed by atoms with Gasteiger partial charge in [0.05, 0.1) is 7.11 Å². The van der Waals surface area contributed by atoms with Gasteiger partial charge in [0, 0.05) is 13.1 Å². The van der Waals surface area contributed by atoms with E-state index in [1.807, 2.05) is 0 Å². The quantitative estimate of drug-likeness (QED) is 0.870. The lowest BCUT2D eigenvalue weighted by Crippen LogP contribution is -2.26. The average Bonchev–Trinajstić information content (AvgIpc) is 2.50. The van der Waals surface area contributed by atoms with E-state index in [-0.39, 0.29) is 0 Å². The predicted octanol–water partition coefficient (Wildman–Crippen LogP) is 2.08. The zero-order chi connectivity index (χ0) is 13.2. The summed E-state index contributed by atoms with van der Waals surface area (Å²) >= 11 is 0. The summed E-state index contributed by atoms with van der Waals surface area (Å²) in [7, 11) is 1.61. The van der Waals surface area contributed by atoms with Crippen molar-refractivity contribution in [2.75, 3.05) is 30.8 Å². The van der Waals surface area contributed by atoms with Crippen molar-refractivity contribution in [3.8, 4) is 5.75 Å². The molecule has 5 heteroatoms. The van der Waals surface area contributed by atoms with Gasteiger partial charge in [-0.05, 0) is 24.7 Å². The van der Waals surface area contributed by atoms with E-state index in [1.165, 1.54) is 19.2 Å². The minimum atomic E-state index is 0.403. The van der Waals surface area contributed by atoms with E-state index in [9.17, 15) is 0 Å². The highest BCUT2D eigenvalue weighted by Gasteiger charge is 2.25. The van der Waals surface area contributed by atoms with Crippen molar-refractivity contribution in [2.24, 2.45) is 5.41 Å². The Bertz CT molecular complexity index is 419. The zero-order valence-corrected chi connectivity index (χ0v) is 11.4. The van der Waals surface area contributed by atoms with E-state index >= 15 is 0 Å². The Morgan fingerprint density at radius 3 is 2.78 bits per heavy atom. The van der Waals surface area contributed by atoms with Crippen LogP contribution in [0.3, 0.4) is 0 Å². The molecule has 0 atom stereocenters. The fourth-order valence-corrected chi connectivity index (χ4v) is 2.43. The molecule has 0 radical (unpaired) electrons. The maximum absolute atomic E-state index is 5.83. The largest absolute Gasteiger partial charge is 0.490 e. The molecule has 1 fully saturated rings. The third-order valence-electron chi connectivity index (χ3n) is 3.66. The molecule has 5 nitrogen and oxygen atoms in total. The molecule has 18 heavy (non-hydrogen) atoms. The third-order valence-corrected chi connectivity index (χ3v) is 3.66. The molecule has 0 saturated carbocycles. The van der Waals surface area contributed by atoms with Crippen LogP contribution in [0.25, 0.3) is 0 Å².